The third-order valence-corrected chi connectivity index (χ3v) is 5.28. The molecule has 0 atom stereocenters. The number of ether oxygens (including phenoxy) is 1. The van der Waals surface area contributed by atoms with E-state index in [0.29, 0.717) is 5.56 Å². The summed E-state index contributed by atoms with van der Waals surface area (Å²) in [7, 11) is 0. The van der Waals surface area contributed by atoms with Crippen LogP contribution in [-0.2, 0) is 14.4 Å². The highest BCUT2D eigenvalue weighted by Crippen LogP contribution is 2.28. The lowest BCUT2D eigenvalue weighted by molar-refractivity contribution is -0.122. The Kier molecular flexibility index (Phi) is 6.98. The summed E-state index contributed by atoms with van der Waals surface area (Å²) in [6.45, 7) is -0.445. The maximum absolute atomic E-state index is 13.7. The summed E-state index contributed by atoms with van der Waals surface area (Å²) < 4.78 is 19.1. The molecule has 1 fully saturated rings. The molecular formula is C25H17ClFN3O6. The number of nitrogens with one attached hydrogen (secondary N) is 2. The summed E-state index contributed by atoms with van der Waals surface area (Å²) in [5.74, 6) is -2.86. The van der Waals surface area contributed by atoms with Crippen LogP contribution in [0.15, 0.2) is 72.3 Å². The predicted molar refractivity (Wildman–Crippen MR) is 129 cm³/mol. The Morgan fingerprint density at radius 3 is 2.50 bits per heavy atom. The van der Waals surface area contributed by atoms with Crippen LogP contribution in [0.1, 0.15) is 5.56 Å². The van der Waals surface area contributed by atoms with Gasteiger partial charge in [-0.05, 0) is 60.2 Å². The largest absolute Gasteiger partial charge is 0.508 e. The van der Waals surface area contributed by atoms with E-state index in [1.54, 1.807) is 6.07 Å². The van der Waals surface area contributed by atoms with Gasteiger partial charge in [-0.25, -0.2) is 14.1 Å². The molecule has 5 amide bonds. The molecule has 0 aliphatic carbocycles. The number of urea groups is 1. The maximum Gasteiger partial charge on any atom is 0.335 e. The maximum atomic E-state index is 13.7. The van der Waals surface area contributed by atoms with Gasteiger partial charge in [-0.15, -0.1) is 0 Å². The number of benzene rings is 3. The monoisotopic (exact) mass is 509 g/mol. The number of phenolic OH excluding ortho intramolecular Hbond substituents is 1. The van der Waals surface area contributed by atoms with Crippen LogP contribution in [0.5, 0.6) is 11.5 Å². The molecule has 11 heteroatoms. The molecule has 0 spiro atoms. The second kappa shape index (κ2) is 10.3. The number of halogens is 2. The van der Waals surface area contributed by atoms with E-state index >= 15 is 0 Å². The van der Waals surface area contributed by atoms with Crippen molar-refractivity contribution in [2.24, 2.45) is 0 Å². The van der Waals surface area contributed by atoms with Crippen molar-refractivity contribution in [1.29, 1.82) is 0 Å². The lowest BCUT2D eigenvalue weighted by Gasteiger charge is -2.26. The third-order valence-electron chi connectivity index (χ3n) is 4.98. The highest BCUT2D eigenvalue weighted by Gasteiger charge is 2.36. The van der Waals surface area contributed by atoms with Gasteiger partial charge in [0.25, 0.3) is 17.7 Å². The fourth-order valence-electron chi connectivity index (χ4n) is 3.28. The van der Waals surface area contributed by atoms with E-state index in [4.69, 9.17) is 16.3 Å². The summed E-state index contributed by atoms with van der Waals surface area (Å²) in [6.07, 6.45) is 1.25. The molecule has 9 nitrogen and oxygen atoms in total. The van der Waals surface area contributed by atoms with Crippen molar-refractivity contribution in [1.82, 2.24) is 5.32 Å². The van der Waals surface area contributed by atoms with Crippen LogP contribution in [0.25, 0.3) is 6.08 Å². The number of imide groups is 2. The first kappa shape index (κ1) is 24.4. The first-order chi connectivity index (χ1) is 17.2. The number of nitrogens with zero attached hydrogens (tertiary/aromatic N) is 1. The molecule has 3 aromatic carbocycles. The minimum absolute atomic E-state index is 0.00873. The van der Waals surface area contributed by atoms with E-state index in [0.717, 1.165) is 4.90 Å². The molecule has 182 valence electrons. The summed E-state index contributed by atoms with van der Waals surface area (Å²) in [6, 6.07) is 14.4. The van der Waals surface area contributed by atoms with Crippen molar-refractivity contribution >= 4 is 52.8 Å². The van der Waals surface area contributed by atoms with E-state index in [1.807, 2.05) is 0 Å². The van der Waals surface area contributed by atoms with Crippen molar-refractivity contribution in [3.05, 3.63) is 88.7 Å². The van der Waals surface area contributed by atoms with Gasteiger partial charge in [-0.1, -0.05) is 29.8 Å². The Balaban J connectivity index is 1.48. The number of para-hydroxylation sites is 1. The first-order valence-electron chi connectivity index (χ1n) is 10.4. The summed E-state index contributed by atoms with van der Waals surface area (Å²) in [4.78, 5) is 50.3. The van der Waals surface area contributed by atoms with Crippen molar-refractivity contribution < 1.29 is 33.4 Å². The van der Waals surface area contributed by atoms with Gasteiger partial charge < -0.3 is 15.2 Å². The van der Waals surface area contributed by atoms with Gasteiger partial charge in [0.15, 0.2) is 6.61 Å². The summed E-state index contributed by atoms with van der Waals surface area (Å²) in [5.41, 5.74) is 0.192. The zero-order valence-corrected chi connectivity index (χ0v) is 19.1. The van der Waals surface area contributed by atoms with Gasteiger partial charge in [0, 0.05) is 0 Å². The average Bonchev–Trinajstić information content (AvgIpc) is 2.84. The second-order valence-electron chi connectivity index (χ2n) is 7.48. The highest BCUT2D eigenvalue weighted by molar-refractivity contribution is 6.39. The number of barbiturate groups is 1. The predicted octanol–water partition coefficient (Wildman–Crippen LogP) is 3.87. The molecule has 1 heterocycles. The number of aromatic hydroxyl groups is 1. The van der Waals surface area contributed by atoms with Crippen LogP contribution < -0.4 is 20.3 Å². The minimum Gasteiger partial charge on any atom is -0.508 e. The summed E-state index contributed by atoms with van der Waals surface area (Å²) >= 11 is 6.23. The van der Waals surface area contributed by atoms with Gasteiger partial charge in [-0.3, -0.25) is 19.7 Å². The van der Waals surface area contributed by atoms with Crippen LogP contribution in [0.4, 0.5) is 20.6 Å². The third kappa shape index (κ3) is 5.34. The number of carbonyl (C=O) groups is 4. The fraction of sp³-hybridized carbons (Fsp3) is 0.0400. The number of hydrogen-bond donors (Lipinski definition) is 3. The van der Waals surface area contributed by atoms with E-state index < -0.39 is 36.2 Å². The molecular weight excluding hydrogens is 493 g/mol. The molecule has 0 unspecified atom stereocenters. The van der Waals surface area contributed by atoms with Gasteiger partial charge >= 0.3 is 6.03 Å². The standard InChI is InChI=1S/C25H17ClFN3O6/c26-18-12-14(5-10-21(18)36-13-22(32)28-20-4-2-1-3-19(20)27)11-17-23(33)29-25(35)30(24(17)34)15-6-8-16(31)9-7-15/h1-12,31H,13H2,(H,28,32)(H,29,33,35)/b17-11-. The van der Waals surface area contributed by atoms with Crippen LogP contribution in [-0.4, -0.2) is 35.5 Å². The molecule has 3 N–H and O–H groups in total. The van der Waals surface area contributed by atoms with E-state index in [1.165, 1.54) is 66.7 Å². The zero-order valence-electron chi connectivity index (χ0n) is 18.3. The molecule has 0 saturated carbocycles. The molecule has 1 aliphatic rings. The molecule has 3 aromatic rings. The van der Waals surface area contributed by atoms with E-state index in [-0.39, 0.29) is 33.5 Å². The van der Waals surface area contributed by atoms with Crippen molar-refractivity contribution in [2.45, 2.75) is 0 Å². The lowest BCUT2D eigenvalue weighted by atomic mass is 10.1. The zero-order chi connectivity index (χ0) is 25.8. The number of amides is 5. The topological polar surface area (TPSA) is 125 Å². The molecule has 36 heavy (non-hydrogen) atoms. The van der Waals surface area contributed by atoms with Crippen LogP contribution in [0.3, 0.4) is 0 Å². The van der Waals surface area contributed by atoms with Gasteiger partial charge in [0.05, 0.1) is 16.4 Å². The molecule has 1 aliphatic heterocycles. The van der Waals surface area contributed by atoms with Crippen LogP contribution >= 0.6 is 11.6 Å². The van der Waals surface area contributed by atoms with E-state index in [9.17, 15) is 28.7 Å². The Morgan fingerprint density at radius 2 is 1.81 bits per heavy atom. The SMILES string of the molecule is O=C(COc1ccc(/C=C2/C(=O)NC(=O)N(c3ccc(O)cc3)C2=O)cc1Cl)Nc1ccccc1F. The molecule has 4 rings (SSSR count). The first-order valence-corrected chi connectivity index (χ1v) is 10.8. The van der Waals surface area contributed by atoms with Crippen LogP contribution in [0, 0.1) is 5.82 Å². The lowest BCUT2D eigenvalue weighted by Crippen LogP contribution is -2.54. The number of hydrogen-bond acceptors (Lipinski definition) is 6. The Bertz CT molecular complexity index is 1410. The molecule has 0 aromatic heterocycles. The average molecular weight is 510 g/mol. The van der Waals surface area contributed by atoms with Crippen molar-refractivity contribution in [2.75, 3.05) is 16.8 Å². The number of phenols is 1. The van der Waals surface area contributed by atoms with Gasteiger partial charge in [-0.2, -0.15) is 0 Å². The highest BCUT2D eigenvalue weighted by atomic mass is 35.5. The Morgan fingerprint density at radius 1 is 1.08 bits per heavy atom. The van der Waals surface area contributed by atoms with E-state index in [2.05, 4.69) is 10.6 Å². The number of rotatable bonds is 6. The summed E-state index contributed by atoms with van der Waals surface area (Å²) in [5, 5.41) is 14.0. The Labute approximate surface area is 208 Å². The van der Waals surface area contributed by atoms with Crippen molar-refractivity contribution in [3.63, 3.8) is 0 Å². The minimum atomic E-state index is -0.928. The number of anilines is 2. The second-order valence-corrected chi connectivity index (χ2v) is 7.89. The van der Waals surface area contributed by atoms with Crippen molar-refractivity contribution in [3.8, 4) is 11.5 Å². The van der Waals surface area contributed by atoms with Crippen LogP contribution in [0.2, 0.25) is 5.02 Å². The van der Waals surface area contributed by atoms with Gasteiger partial charge in [0.1, 0.15) is 22.9 Å². The Hall–Kier alpha value is -4.70. The normalized spacial score (nSPS) is 14.6. The van der Waals surface area contributed by atoms with Gasteiger partial charge in [0.2, 0.25) is 0 Å². The quantitative estimate of drug-likeness (QED) is 0.342. The number of carbonyl (C=O) groups excluding carboxylic acids is 4. The molecule has 1 saturated heterocycles. The molecule has 0 radical (unpaired) electrons. The fourth-order valence-corrected chi connectivity index (χ4v) is 3.52. The smallest absolute Gasteiger partial charge is 0.335 e. The molecule has 0 bridgehead atoms.